The van der Waals surface area contributed by atoms with Crippen LogP contribution in [0, 0.1) is 0 Å². The smallest absolute Gasteiger partial charge is 0.406 e. The SMILES string of the molecule is CCNC(=O)[C@H](C)NC(=O)CNS(=O)(=O)c1ccc(OC(F)(F)F)cc1. The summed E-state index contributed by atoms with van der Waals surface area (Å²) in [5, 5.41) is 4.79. The topological polar surface area (TPSA) is 114 Å². The minimum Gasteiger partial charge on any atom is -0.406 e. The summed E-state index contributed by atoms with van der Waals surface area (Å²) in [6.07, 6.45) is -4.89. The maximum Gasteiger partial charge on any atom is 0.573 e. The lowest BCUT2D eigenvalue weighted by molar-refractivity contribution is -0.274. The Kier molecular flexibility index (Phi) is 7.39. The van der Waals surface area contributed by atoms with Gasteiger partial charge in [0.25, 0.3) is 0 Å². The molecule has 3 N–H and O–H groups in total. The lowest BCUT2D eigenvalue weighted by Crippen LogP contribution is -2.47. The summed E-state index contributed by atoms with van der Waals surface area (Å²) in [6.45, 7) is 2.86. The van der Waals surface area contributed by atoms with E-state index in [1.165, 1.54) is 6.92 Å². The van der Waals surface area contributed by atoms with E-state index in [1.807, 2.05) is 4.72 Å². The Morgan fingerprint density at radius 2 is 1.77 bits per heavy atom. The second-order valence-electron chi connectivity index (χ2n) is 5.03. The fourth-order valence-electron chi connectivity index (χ4n) is 1.75. The second-order valence-corrected chi connectivity index (χ2v) is 6.79. The number of nitrogens with one attached hydrogen (secondary N) is 3. The first-order valence-corrected chi connectivity index (χ1v) is 8.85. The van der Waals surface area contributed by atoms with Crippen molar-refractivity contribution in [1.82, 2.24) is 15.4 Å². The largest absolute Gasteiger partial charge is 0.573 e. The third kappa shape index (κ3) is 7.27. The van der Waals surface area contributed by atoms with Crippen molar-refractivity contribution in [2.75, 3.05) is 13.1 Å². The molecule has 0 heterocycles. The Labute approximate surface area is 148 Å². The highest BCUT2D eigenvalue weighted by atomic mass is 32.2. The summed E-state index contributed by atoms with van der Waals surface area (Å²) >= 11 is 0. The van der Waals surface area contributed by atoms with Crippen LogP contribution in [-0.4, -0.2) is 45.7 Å². The van der Waals surface area contributed by atoms with Crippen molar-refractivity contribution in [1.29, 1.82) is 0 Å². The first-order valence-electron chi connectivity index (χ1n) is 7.37. The lowest BCUT2D eigenvalue weighted by atomic mass is 10.3. The van der Waals surface area contributed by atoms with Crippen molar-refractivity contribution in [2.24, 2.45) is 0 Å². The number of amides is 2. The van der Waals surface area contributed by atoms with Crippen LogP contribution in [0.15, 0.2) is 29.2 Å². The number of halogens is 3. The molecule has 0 fully saturated rings. The van der Waals surface area contributed by atoms with Crippen LogP contribution in [0.2, 0.25) is 0 Å². The number of alkyl halides is 3. The van der Waals surface area contributed by atoms with Crippen LogP contribution in [-0.2, 0) is 19.6 Å². The average molecular weight is 397 g/mol. The summed E-state index contributed by atoms with van der Waals surface area (Å²) < 4.78 is 65.9. The van der Waals surface area contributed by atoms with E-state index in [9.17, 15) is 31.2 Å². The molecular weight excluding hydrogens is 379 g/mol. The molecule has 0 saturated heterocycles. The third-order valence-electron chi connectivity index (χ3n) is 2.91. The maximum atomic E-state index is 12.1. The molecule has 0 radical (unpaired) electrons. The van der Waals surface area contributed by atoms with Gasteiger partial charge in [0.15, 0.2) is 0 Å². The number of hydrogen-bond acceptors (Lipinski definition) is 5. The quantitative estimate of drug-likeness (QED) is 0.591. The number of likely N-dealkylation sites (N-methyl/N-ethyl adjacent to an activating group) is 1. The summed E-state index contributed by atoms with van der Waals surface area (Å²) in [5.41, 5.74) is 0. The van der Waals surface area contributed by atoms with E-state index in [0.717, 1.165) is 24.3 Å². The molecule has 146 valence electrons. The normalized spacial score (nSPS) is 13.0. The van der Waals surface area contributed by atoms with Crippen LogP contribution in [0.4, 0.5) is 13.2 Å². The molecule has 1 aromatic rings. The van der Waals surface area contributed by atoms with Gasteiger partial charge in [0, 0.05) is 6.54 Å². The van der Waals surface area contributed by atoms with Crippen molar-refractivity contribution in [2.45, 2.75) is 31.1 Å². The Hall–Kier alpha value is -2.34. The van der Waals surface area contributed by atoms with Crippen molar-refractivity contribution in [3.05, 3.63) is 24.3 Å². The van der Waals surface area contributed by atoms with Crippen molar-refractivity contribution < 1.29 is 35.9 Å². The van der Waals surface area contributed by atoms with Crippen LogP contribution in [0.3, 0.4) is 0 Å². The fourth-order valence-corrected chi connectivity index (χ4v) is 2.73. The van der Waals surface area contributed by atoms with E-state index in [0.29, 0.717) is 6.54 Å². The molecule has 0 aliphatic heterocycles. The Morgan fingerprint density at radius 1 is 1.19 bits per heavy atom. The molecule has 0 aliphatic carbocycles. The molecule has 0 unspecified atom stereocenters. The predicted octanol–water partition coefficient (Wildman–Crippen LogP) is 0.504. The lowest BCUT2D eigenvalue weighted by Gasteiger charge is -2.14. The number of rotatable bonds is 8. The van der Waals surface area contributed by atoms with Crippen LogP contribution < -0.4 is 20.1 Å². The van der Waals surface area contributed by atoms with E-state index in [-0.39, 0.29) is 4.90 Å². The van der Waals surface area contributed by atoms with Crippen LogP contribution >= 0.6 is 0 Å². The molecule has 26 heavy (non-hydrogen) atoms. The zero-order valence-corrected chi connectivity index (χ0v) is 14.7. The number of sulfonamides is 1. The summed E-state index contributed by atoms with van der Waals surface area (Å²) in [5.74, 6) is -1.75. The predicted molar refractivity (Wildman–Crippen MR) is 84.6 cm³/mol. The first-order chi connectivity index (χ1) is 11.9. The minimum atomic E-state index is -4.89. The van der Waals surface area contributed by atoms with E-state index >= 15 is 0 Å². The number of hydrogen-bond donors (Lipinski definition) is 3. The third-order valence-corrected chi connectivity index (χ3v) is 4.33. The van der Waals surface area contributed by atoms with E-state index in [1.54, 1.807) is 6.92 Å². The van der Waals surface area contributed by atoms with Gasteiger partial charge >= 0.3 is 6.36 Å². The van der Waals surface area contributed by atoms with Crippen molar-refractivity contribution in [3.8, 4) is 5.75 Å². The number of carbonyl (C=O) groups is 2. The average Bonchev–Trinajstić information content (AvgIpc) is 2.52. The zero-order chi connectivity index (χ0) is 20.0. The first kappa shape index (κ1) is 21.7. The molecule has 0 aliphatic rings. The molecule has 1 aromatic carbocycles. The van der Waals surface area contributed by atoms with Gasteiger partial charge in [0.05, 0.1) is 11.4 Å². The van der Waals surface area contributed by atoms with E-state index in [4.69, 9.17) is 0 Å². The molecule has 0 saturated carbocycles. The van der Waals surface area contributed by atoms with Crippen LogP contribution in [0.25, 0.3) is 0 Å². The second kappa shape index (κ2) is 8.85. The zero-order valence-electron chi connectivity index (χ0n) is 13.9. The van der Waals surface area contributed by atoms with Crippen LogP contribution in [0.5, 0.6) is 5.75 Å². The number of benzene rings is 1. The molecule has 0 aromatic heterocycles. The molecule has 1 rings (SSSR count). The van der Waals surface area contributed by atoms with Gasteiger partial charge in [0.1, 0.15) is 11.8 Å². The Morgan fingerprint density at radius 3 is 2.27 bits per heavy atom. The van der Waals surface area contributed by atoms with Gasteiger partial charge in [0.2, 0.25) is 21.8 Å². The highest BCUT2D eigenvalue weighted by Crippen LogP contribution is 2.23. The van der Waals surface area contributed by atoms with E-state index < -0.39 is 46.5 Å². The summed E-state index contributed by atoms with van der Waals surface area (Å²) in [6, 6.07) is 2.61. The molecule has 8 nitrogen and oxygen atoms in total. The van der Waals surface area contributed by atoms with Gasteiger partial charge in [-0.05, 0) is 38.1 Å². The monoisotopic (exact) mass is 397 g/mol. The maximum absolute atomic E-state index is 12.1. The molecule has 1 atom stereocenters. The number of ether oxygens (including phenoxy) is 1. The minimum absolute atomic E-state index is 0.350. The van der Waals surface area contributed by atoms with Crippen molar-refractivity contribution in [3.63, 3.8) is 0 Å². The fraction of sp³-hybridized carbons (Fsp3) is 0.429. The van der Waals surface area contributed by atoms with Gasteiger partial charge in [-0.15, -0.1) is 13.2 Å². The van der Waals surface area contributed by atoms with Gasteiger partial charge in [-0.2, -0.15) is 0 Å². The van der Waals surface area contributed by atoms with Gasteiger partial charge in [-0.3, -0.25) is 9.59 Å². The van der Waals surface area contributed by atoms with Gasteiger partial charge in [-0.1, -0.05) is 0 Å². The highest BCUT2D eigenvalue weighted by Gasteiger charge is 2.31. The Balaban J connectivity index is 2.63. The number of carbonyl (C=O) groups excluding carboxylic acids is 2. The molecule has 2 amide bonds. The van der Waals surface area contributed by atoms with E-state index in [2.05, 4.69) is 15.4 Å². The van der Waals surface area contributed by atoms with Gasteiger partial charge in [-0.25, -0.2) is 13.1 Å². The molecule has 12 heteroatoms. The standard InChI is InChI=1S/C14H18F3N3O5S/c1-3-18-13(22)9(2)20-12(21)8-19-26(23,24)11-6-4-10(5-7-11)25-14(15,16)17/h4-7,9,19H,3,8H2,1-2H3,(H,18,22)(H,20,21)/t9-/m0/s1. The van der Waals surface area contributed by atoms with Gasteiger partial charge < -0.3 is 15.4 Å². The summed E-state index contributed by atoms with van der Waals surface area (Å²) in [7, 11) is -4.13. The molecule has 0 bridgehead atoms. The molecular formula is C14H18F3N3O5S. The van der Waals surface area contributed by atoms with Crippen LogP contribution in [0.1, 0.15) is 13.8 Å². The molecule has 0 spiro atoms. The Bertz CT molecular complexity index is 735. The summed E-state index contributed by atoms with van der Waals surface area (Å²) in [4.78, 5) is 22.8. The highest BCUT2D eigenvalue weighted by molar-refractivity contribution is 7.89. The van der Waals surface area contributed by atoms with Crippen molar-refractivity contribution >= 4 is 21.8 Å².